The number of hydrogen-bond donors (Lipinski definition) is 0. The van der Waals surface area contributed by atoms with Gasteiger partial charge in [-0.3, -0.25) is 0 Å². The molecule has 2 aromatic carbocycles. The predicted octanol–water partition coefficient (Wildman–Crippen LogP) is 1.90. The molecule has 0 saturated carbocycles. The van der Waals surface area contributed by atoms with Crippen molar-refractivity contribution in [1.29, 1.82) is 0 Å². The molecule has 0 aliphatic carbocycles. The van der Waals surface area contributed by atoms with Gasteiger partial charge in [0.15, 0.2) is 0 Å². The molecule has 0 unspecified atom stereocenters. The molecule has 0 aliphatic rings. The Morgan fingerprint density at radius 2 is 1.67 bits per heavy atom. The molecule has 0 N–H and O–H groups in total. The third kappa shape index (κ3) is 7.32. The van der Waals surface area contributed by atoms with Gasteiger partial charge in [-0.15, -0.1) is 16.4 Å². The monoisotopic (exact) mass is 566 g/mol. The second-order valence-electron chi connectivity index (χ2n) is 8.27. The minimum Gasteiger partial charge on any atom is -1.00 e. The van der Waals surface area contributed by atoms with E-state index < -0.39 is 0 Å². The highest BCUT2D eigenvalue weighted by atomic mass is 79.9. The van der Waals surface area contributed by atoms with Crippen LogP contribution in [0.1, 0.15) is 18.2 Å². The van der Waals surface area contributed by atoms with Gasteiger partial charge in [0.2, 0.25) is 11.1 Å². The van der Waals surface area contributed by atoms with Gasteiger partial charge in [-0.25, -0.2) is 9.13 Å². The van der Waals surface area contributed by atoms with E-state index in [0.717, 1.165) is 47.1 Å². The SMILES string of the molecule is CCN(CC[n+]1ccn(C)c1)c1ccc(N=Nc2ccc(C=NN=c3scc(C)n3C)cc2)cc1.[Br-]. The van der Waals surface area contributed by atoms with Crippen LogP contribution in [-0.4, -0.2) is 28.4 Å². The standard InChI is InChI=1S/C26H31N8S.BrH/c1-5-34(17-16-33-15-14-31(3)20-33)25-12-10-24(11-13-25)29-28-23-8-6-22(7-9-23)18-27-30-26-32(4)21(2)19-35-26;/h6-15,18-20H,5,16-17H2,1-4H3;1H/q+1;/p-1. The molecule has 10 heteroatoms. The van der Waals surface area contributed by atoms with Crippen LogP contribution in [0.4, 0.5) is 17.1 Å². The molecular weight excluding hydrogens is 536 g/mol. The number of rotatable bonds is 9. The van der Waals surface area contributed by atoms with Crippen LogP contribution >= 0.6 is 11.3 Å². The summed E-state index contributed by atoms with van der Waals surface area (Å²) < 4.78 is 6.27. The van der Waals surface area contributed by atoms with Crippen molar-refractivity contribution in [2.24, 2.45) is 34.5 Å². The number of nitrogens with zero attached hydrogens (tertiary/aromatic N) is 8. The van der Waals surface area contributed by atoms with E-state index in [1.54, 1.807) is 17.6 Å². The van der Waals surface area contributed by atoms with Gasteiger partial charge in [0.25, 0.3) is 0 Å². The van der Waals surface area contributed by atoms with Crippen LogP contribution in [0.3, 0.4) is 0 Å². The average molecular weight is 568 g/mol. The molecule has 0 spiro atoms. The van der Waals surface area contributed by atoms with E-state index in [4.69, 9.17) is 0 Å². The summed E-state index contributed by atoms with van der Waals surface area (Å²) in [5.41, 5.74) is 4.92. The predicted molar refractivity (Wildman–Crippen MR) is 142 cm³/mol. The third-order valence-corrected chi connectivity index (χ3v) is 6.75. The van der Waals surface area contributed by atoms with Crippen molar-refractivity contribution >= 4 is 34.6 Å². The number of likely N-dealkylation sites (N-methyl/N-ethyl adjacent to an activating group) is 1. The second kappa shape index (κ2) is 13.1. The van der Waals surface area contributed by atoms with E-state index in [1.165, 1.54) is 5.69 Å². The molecule has 2 heterocycles. The van der Waals surface area contributed by atoms with Crippen LogP contribution in [-0.2, 0) is 20.6 Å². The summed E-state index contributed by atoms with van der Waals surface area (Å²) in [6.07, 6.45) is 7.99. The maximum atomic E-state index is 4.39. The summed E-state index contributed by atoms with van der Waals surface area (Å²) >= 11 is 1.57. The van der Waals surface area contributed by atoms with Gasteiger partial charge in [-0.05, 0) is 55.8 Å². The van der Waals surface area contributed by atoms with Crippen LogP contribution in [0, 0.1) is 6.92 Å². The molecule has 0 bridgehead atoms. The van der Waals surface area contributed by atoms with Crippen molar-refractivity contribution in [3.05, 3.63) is 88.7 Å². The molecule has 0 amide bonds. The van der Waals surface area contributed by atoms with E-state index >= 15 is 0 Å². The highest BCUT2D eigenvalue weighted by Crippen LogP contribution is 2.22. The minimum absolute atomic E-state index is 0. The Balaban J connectivity index is 0.00000361. The summed E-state index contributed by atoms with van der Waals surface area (Å²) in [7, 11) is 4.02. The molecule has 0 atom stereocenters. The molecule has 0 fully saturated rings. The zero-order valence-electron chi connectivity index (χ0n) is 21.0. The number of aryl methyl sites for hydroxylation is 2. The van der Waals surface area contributed by atoms with Gasteiger partial charge in [0, 0.05) is 30.4 Å². The number of benzene rings is 2. The maximum absolute atomic E-state index is 4.39. The van der Waals surface area contributed by atoms with Crippen molar-refractivity contribution in [2.45, 2.75) is 20.4 Å². The van der Waals surface area contributed by atoms with Crippen LogP contribution in [0.5, 0.6) is 0 Å². The van der Waals surface area contributed by atoms with Gasteiger partial charge in [-0.2, -0.15) is 15.3 Å². The zero-order valence-corrected chi connectivity index (χ0v) is 23.4. The van der Waals surface area contributed by atoms with Crippen molar-refractivity contribution in [2.75, 3.05) is 18.0 Å². The normalized spacial score (nSPS) is 11.9. The summed E-state index contributed by atoms with van der Waals surface area (Å²) in [5, 5.41) is 19.3. The number of aromatic nitrogens is 3. The fourth-order valence-corrected chi connectivity index (χ4v) is 4.33. The summed E-state index contributed by atoms with van der Waals surface area (Å²) in [6, 6.07) is 16.0. The second-order valence-corrected chi connectivity index (χ2v) is 9.10. The molecule has 0 aliphatic heterocycles. The Labute approximate surface area is 226 Å². The number of hydrogen-bond acceptors (Lipinski definition) is 6. The first kappa shape index (κ1) is 27.2. The molecule has 0 saturated heterocycles. The summed E-state index contributed by atoms with van der Waals surface area (Å²) in [4.78, 5) is 3.22. The first-order chi connectivity index (χ1) is 17.0. The van der Waals surface area contributed by atoms with Crippen LogP contribution < -0.4 is 31.2 Å². The number of imidazole rings is 1. The van der Waals surface area contributed by atoms with Gasteiger partial charge in [0.1, 0.15) is 18.9 Å². The van der Waals surface area contributed by atoms with Gasteiger partial charge >= 0.3 is 0 Å². The van der Waals surface area contributed by atoms with E-state index in [0.29, 0.717) is 0 Å². The number of anilines is 1. The largest absolute Gasteiger partial charge is 1.00 e. The van der Waals surface area contributed by atoms with E-state index in [1.807, 2.05) is 62.0 Å². The molecule has 4 aromatic rings. The lowest BCUT2D eigenvalue weighted by molar-refractivity contribution is -0.693. The first-order valence-corrected chi connectivity index (χ1v) is 12.5. The minimum atomic E-state index is 0. The average Bonchev–Trinajstić information content (AvgIpc) is 3.44. The van der Waals surface area contributed by atoms with Crippen LogP contribution in [0.15, 0.2) is 93.1 Å². The maximum Gasteiger partial charge on any atom is 0.243 e. The van der Waals surface area contributed by atoms with Gasteiger partial charge in [0.05, 0.1) is 31.2 Å². The number of azo groups is 1. The third-order valence-electron chi connectivity index (χ3n) is 5.72. The molecule has 4 rings (SSSR count). The van der Waals surface area contributed by atoms with E-state index in [9.17, 15) is 0 Å². The van der Waals surface area contributed by atoms with Crippen LogP contribution in [0.25, 0.3) is 0 Å². The Kier molecular flexibility index (Phi) is 9.89. The molecule has 8 nitrogen and oxygen atoms in total. The Hall–Kier alpha value is -3.37. The van der Waals surface area contributed by atoms with Gasteiger partial charge < -0.3 is 26.4 Å². The quantitative estimate of drug-likeness (QED) is 0.132. The fraction of sp³-hybridized carbons (Fsp3) is 0.269. The highest BCUT2D eigenvalue weighted by Gasteiger charge is 2.07. The van der Waals surface area contributed by atoms with Crippen molar-refractivity contribution < 1.29 is 21.5 Å². The smallest absolute Gasteiger partial charge is 0.243 e. The van der Waals surface area contributed by atoms with Crippen LogP contribution in [0.2, 0.25) is 0 Å². The molecule has 188 valence electrons. The first-order valence-electron chi connectivity index (χ1n) is 11.6. The van der Waals surface area contributed by atoms with Crippen molar-refractivity contribution in [1.82, 2.24) is 9.13 Å². The lowest BCUT2D eigenvalue weighted by atomic mass is 10.2. The zero-order chi connectivity index (χ0) is 24.6. The molecule has 0 radical (unpaired) electrons. The number of thiazole rings is 1. The summed E-state index contributed by atoms with van der Waals surface area (Å²) in [5.74, 6) is 0. The van der Waals surface area contributed by atoms with E-state index in [-0.39, 0.29) is 17.0 Å². The molecular formula is C26H31BrN8S. The topological polar surface area (TPSA) is 66.4 Å². The summed E-state index contributed by atoms with van der Waals surface area (Å²) in [6.45, 7) is 7.06. The lowest BCUT2D eigenvalue weighted by Crippen LogP contribution is -3.00. The Morgan fingerprint density at radius 3 is 2.22 bits per heavy atom. The van der Waals surface area contributed by atoms with Crippen molar-refractivity contribution in [3.63, 3.8) is 0 Å². The fourth-order valence-electron chi connectivity index (χ4n) is 3.50. The number of halogens is 1. The van der Waals surface area contributed by atoms with Gasteiger partial charge in [-0.1, -0.05) is 12.1 Å². The lowest BCUT2D eigenvalue weighted by Gasteiger charge is -2.22. The molecule has 2 aromatic heterocycles. The Morgan fingerprint density at radius 1 is 1.00 bits per heavy atom. The highest BCUT2D eigenvalue weighted by molar-refractivity contribution is 7.07. The molecule has 36 heavy (non-hydrogen) atoms. The Bertz CT molecular complexity index is 1360. The van der Waals surface area contributed by atoms with Crippen molar-refractivity contribution in [3.8, 4) is 0 Å². The van der Waals surface area contributed by atoms with E-state index in [2.05, 4.69) is 77.6 Å².